The number of anilines is 2. The van der Waals surface area contributed by atoms with Crippen molar-refractivity contribution >= 4 is 40.7 Å². The largest absolute Gasteiger partial charge is 0.319 e. The Morgan fingerprint density at radius 2 is 1.56 bits per heavy atom. The first-order valence-corrected chi connectivity index (χ1v) is 10.9. The number of nitrogens with one attached hydrogen (secondary N) is 1. The molecule has 4 aromatic rings. The summed E-state index contributed by atoms with van der Waals surface area (Å²) >= 11 is 6.21. The maximum atomic E-state index is 13.1. The van der Waals surface area contributed by atoms with Crippen LogP contribution in [0.5, 0.6) is 0 Å². The molecule has 0 bridgehead atoms. The maximum Gasteiger partial charge on any atom is 0.266 e. The first-order chi connectivity index (χ1) is 16.4. The van der Waals surface area contributed by atoms with E-state index in [-0.39, 0.29) is 21.7 Å². The molecule has 0 radical (unpaired) electrons. The topological polar surface area (TPSA) is 84.3 Å². The number of fused-ring (bicyclic) bond motifs is 1. The number of benzene rings is 3. The number of carbonyl (C=O) groups excluding carboxylic acids is 3. The highest BCUT2D eigenvalue weighted by molar-refractivity contribution is 6.40. The van der Waals surface area contributed by atoms with Crippen molar-refractivity contribution in [3.05, 3.63) is 106 Å². The summed E-state index contributed by atoms with van der Waals surface area (Å²) in [5.74, 6) is -1.40. The minimum absolute atomic E-state index is 0.158. The van der Waals surface area contributed by atoms with Crippen LogP contribution in [0.25, 0.3) is 5.69 Å². The Hall–Kier alpha value is -4.23. The van der Waals surface area contributed by atoms with Gasteiger partial charge >= 0.3 is 0 Å². The zero-order valence-electron chi connectivity index (χ0n) is 18.4. The molecule has 1 N–H and O–H groups in total. The summed E-state index contributed by atoms with van der Waals surface area (Å²) in [4.78, 5) is 40.1. The quantitative estimate of drug-likeness (QED) is 0.416. The molecule has 1 aromatic heterocycles. The van der Waals surface area contributed by atoms with Crippen molar-refractivity contribution in [2.45, 2.75) is 13.8 Å². The summed E-state index contributed by atoms with van der Waals surface area (Å²) in [6.07, 6.45) is 0. The van der Waals surface area contributed by atoms with Gasteiger partial charge in [0.1, 0.15) is 0 Å². The lowest BCUT2D eigenvalue weighted by Gasteiger charge is -2.15. The van der Waals surface area contributed by atoms with Gasteiger partial charge in [-0.3, -0.25) is 14.4 Å². The maximum absolute atomic E-state index is 13.1. The lowest BCUT2D eigenvalue weighted by molar-refractivity contribution is 0.0925. The SMILES string of the molecule is Cc1nn(-c2ccccc2)c(C)c1NC(=O)c1ccc2c(c1)C(=O)N(c1ccccc1Cl)C2=O. The number of nitrogens with zero attached hydrogens (tertiary/aromatic N) is 3. The van der Waals surface area contributed by atoms with E-state index in [0.717, 1.165) is 16.3 Å². The molecule has 3 aromatic carbocycles. The van der Waals surface area contributed by atoms with Gasteiger partial charge in [0.05, 0.1) is 44.6 Å². The van der Waals surface area contributed by atoms with E-state index in [1.807, 2.05) is 44.2 Å². The Bertz CT molecular complexity index is 1480. The third-order valence-corrected chi connectivity index (χ3v) is 6.09. The van der Waals surface area contributed by atoms with E-state index in [1.54, 1.807) is 28.9 Å². The number of aryl methyl sites for hydroxylation is 1. The number of para-hydroxylation sites is 2. The van der Waals surface area contributed by atoms with Crippen molar-refractivity contribution in [3.63, 3.8) is 0 Å². The highest BCUT2D eigenvalue weighted by Crippen LogP contribution is 2.33. The molecule has 0 atom stereocenters. The van der Waals surface area contributed by atoms with Crippen LogP contribution in [0.4, 0.5) is 11.4 Å². The number of rotatable bonds is 4. The Morgan fingerprint density at radius 3 is 2.29 bits per heavy atom. The zero-order valence-corrected chi connectivity index (χ0v) is 19.1. The van der Waals surface area contributed by atoms with E-state index in [2.05, 4.69) is 10.4 Å². The van der Waals surface area contributed by atoms with Crippen LogP contribution in [0.3, 0.4) is 0 Å². The second-order valence-corrected chi connectivity index (χ2v) is 8.31. The number of hydrogen-bond donors (Lipinski definition) is 1. The Kier molecular flexibility index (Phi) is 5.26. The van der Waals surface area contributed by atoms with Crippen LogP contribution in [0.1, 0.15) is 42.5 Å². The molecule has 5 rings (SSSR count). The average Bonchev–Trinajstić information content (AvgIpc) is 3.27. The van der Waals surface area contributed by atoms with Crippen LogP contribution in [-0.4, -0.2) is 27.5 Å². The van der Waals surface area contributed by atoms with E-state index in [4.69, 9.17) is 11.6 Å². The van der Waals surface area contributed by atoms with Gasteiger partial charge in [-0.05, 0) is 56.3 Å². The molecule has 168 valence electrons. The van der Waals surface area contributed by atoms with Crippen LogP contribution in [0.15, 0.2) is 72.8 Å². The first-order valence-electron chi connectivity index (χ1n) is 10.6. The Labute approximate surface area is 200 Å². The van der Waals surface area contributed by atoms with Crippen LogP contribution in [-0.2, 0) is 0 Å². The van der Waals surface area contributed by atoms with Crippen LogP contribution < -0.4 is 10.2 Å². The average molecular weight is 471 g/mol. The molecular formula is C26H19ClN4O3. The molecule has 3 amide bonds. The molecule has 34 heavy (non-hydrogen) atoms. The minimum Gasteiger partial charge on any atom is -0.319 e. The number of carbonyl (C=O) groups is 3. The molecule has 0 saturated heterocycles. The van der Waals surface area contributed by atoms with Gasteiger partial charge in [-0.2, -0.15) is 5.10 Å². The van der Waals surface area contributed by atoms with E-state index in [9.17, 15) is 14.4 Å². The third-order valence-electron chi connectivity index (χ3n) is 5.77. The second kappa shape index (κ2) is 8.28. The standard InChI is InChI=1S/C26H19ClN4O3/c1-15-23(16(2)31(29-15)18-8-4-3-5-9-18)28-24(32)17-12-13-19-20(14-17)26(34)30(25(19)33)22-11-7-6-10-21(22)27/h3-14H,1-2H3,(H,28,32). The fourth-order valence-electron chi connectivity index (χ4n) is 4.06. The van der Waals surface area contributed by atoms with E-state index >= 15 is 0 Å². The van der Waals surface area contributed by atoms with Gasteiger partial charge in [-0.1, -0.05) is 41.9 Å². The van der Waals surface area contributed by atoms with Gasteiger partial charge in [0.25, 0.3) is 17.7 Å². The highest BCUT2D eigenvalue weighted by atomic mass is 35.5. The van der Waals surface area contributed by atoms with E-state index in [1.165, 1.54) is 18.2 Å². The van der Waals surface area contributed by atoms with Crippen LogP contribution >= 0.6 is 11.6 Å². The van der Waals surface area contributed by atoms with Gasteiger partial charge in [0, 0.05) is 5.56 Å². The molecule has 7 nitrogen and oxygen atoms in total. The molecule has 0 aliphatic carbocycles. The summed E-state index contributed by atoms with van der Waals surface area (Å²) < 4.78 is 1.76. The number of hydrogen-bond acceptors (Lipinski definition) is 4. The van der Waals surface area contributed by atoms with Gasteiger partial charge in [0.2, 0.25) is 0 Å². The van der Waals surface area contributed by atoms with Crippen molar-refractivity contribution in [2.75, 3.05) is 10.2 Å². The molecule has 1 aliphatic rings. The number of imide groups is 1. The Balaban J connectivity index is 1.44. The van der Waals surface area contributed by atoms with Crippen molar-refractivity contribution in [3.8, 4) is 5.69 Å². The molecular weight excluding hydrogens is 452 g/mol. The molecule has 8 heteroatoms. The lowest BCUT2D eigenvalue weighted by Crippen LogP contribution is -2.29. The summed E-state index contributed by atoms with van der Waals surface area (Å²) in [5, 5.41) is 7.73. The summed E-state index contributed by atoms with van der Waals surface area (Å²) in [6, 6.07) is 20.7. The highest BCUT2D eigenvalue weighted by Gasteiger charge is 2.38. The van der Waals surface area contributed by atoms with Gasteiger partial charge in [-0.15, -0.1) is 0 Å². The molecule has 0 spiro atoms. The van der Waals surface area contributed by atoms with Gasteiger partial charge < -0.3 is 5.32 Å². The molecule has 2 heterocycles. The predicted molar refractivity (Wildman–Crippen MR) is 130 cm³/mol. The normalized spacial score (nSPS) is 12.7. The lowest BCUT2D eigenvalue weighted by atomic mass is 10.1. The van der Waals surface area contributed by atoms with Gasteiger partial charge in [-0.25, -0.2) is 9.58 Å². The summed E-state index contributed by atoms with van der Waals surface area (Å²) in [6.45, 7) is 3.68. The monoisotopic (exact) mass is 470 g/mol. The van der Waals surface area contributed by atoms with Crippen molar-refractivity contribution in [1.29, 1.82) is 0 Å². The number of amides is 3. The first kappa shape index (κ1) is 21.6. The van der Waals surface area contributed by atoms with E-state index < -0.39 is 17.7 Å². The molecule has 0 saturated carbocycles. The predicted octanol–water partition coefficient (Wildman–Crippen LogP) is 5.20. The fraction of sp³-hybridized carbons (Fsp3) is 0.0769. The summed E-state index contributed by atoms with van der Waals surface area (Å²) in [7, 11) is 0. The zero-order chi connectivity index (χ0) is 24.0. The minimum atomic E-state index is -0.521. The fourth-order valence-corrected chi connectivity index (χ4v) is 4.28. The van der Waals surface area contributed by atoms with Crippen LogP contribution in [0.2, 0.25) is 5.02 Å². The molecule has 1 aliphatic heterocycles. The van der Waals surface area contributed by atoms with E-state index in [0.29, 0.717) is 17.1 Å². The molecule has 0 fully saturated rings. The van der Waals surface area contributed by atoms with Crippen molar-refractivity contribution < 1.29 is 14.4 Å². The second-order valence-electron chi connectivity index (χ2n) is 7.90. The molecule has 0 unspecified atom stereocenters. The third kappa shape index (κ3) is 3.47. The van der Waals surface area contributed by atoms with Crippen LogP contribution in [0, 0.1) is 13.8 Å². The smallest absolute Gasteiger partial charge is 0.266 e. The van der Waals surface area contributed by atoms with Gasteiger partial charge in [0.15, 0.2) is 0 Å². The number of aromatic nitrogens is 2. The van der Waals surface area contributed by atoms with Crippen molar-refractivity contribution in [1.82, 2.24) is 9.78 Å². The Morgan fingerprint density at radius 1 is 0.882 bits per heavy atom. The summed E-state index contributed by atoms with van der Waals surface area (Å²) in [5.41, 5.74) is 3.85. The number of halogens is 1. The van der Waals surface area contributed by atoms with Crippen molar-refractivity contribution in [2.24, 2.45) is 0 Å².